The van der Waals surface area contributed by atoms with Gasteiger partial charge in [0.25, 0.3) is 0 Å². The fourth-order valence-corrected chi connectivity index (χ4v) is 1.93. The van der Waals surface area contributed by atoms with Crippen molar-refractivity contribution in [1.29, 1.82) is 0 Å². The zero-order chi connectivity index (χ0) is 10.6. The number of hydrogen-bond acceptors (Lipinski definition) is 3. The summed E-state index contributed by atoms with van der Waals surface area (Å²) in [6.07, 6.45) is 4.22. The van der Waals surface area contributed by atoms with Crippen LogP contribution >= 0.6 is 34.2 Å². The molecule has 0 aliphatic heterocycles. The van der Waals surface area contributed by atoms with E-state index in [4.69, 9.17) is 11.6 Å². The van der Waals surface area contributed by atoms with Gasteiger partial charge in [0.15, 0.2) is 0 Å². The molecule has 0 saturated carbocycles. The lowest BCUT2D eigenvalue weighted by Crippen LogP contribution is -2.32. The number of halogens is 2. The maximum Gasteiger partial charge on any atom is 0.143 e. The van der Waals surface area contributed by atoms with Crippen molar-refractivity contribution < 1.29 is 0 Å². The number of nitrogens with zero attached hydrogens (tertiary/aromatic N) is 2. The van der Waals surface area contributed by atoms with Crippen LogP contribution in [0.1, 0.15) is 20.3 Å². The summed E-state index contributed by atoms with van der Waals surface area (Å²) in [5.74, 6) is 1.51. The summed E-state index contributed by atoms with van der Waals surface area (Å²) in [6, 6.07) is 0. The van der Waals surface area contributed by atoms with E-state index in [9.17, 15) is 0 Å². The molecule has 0 aromatic carbocycles. The fourth-order valence-electron chi connectivity index (χ4n) is 1.02. The first-order valence-corrected chi connectivity index (χ1v) is 5.96. The molecule has 0 saturated heterocycles. The first-order chi connectivity index (χ1) is 6.55. The monoisotopic (exact) mass is 325 g/mol. The number of rotatable bonds is 4. The molecule has 0 bridgehead atoms. The van der Waals surface area contributed by atoms with Gasteiger partial charge < -0.3 is 5.32 Å². The van der Waals surface area contributed by atoms with Gasteiger partial charge in [0.05, 0.1) is 3.57 Å². The molecule has 78 valence electrons. The number of anilines is 1. The molecule has 3 nitrogen and oxygen atoms in total. The van der Waals surface area contributed by atoms with Gasteiger partial charge in [-0.05, 0) is 42.9 Å². The summed E-state index contributed by atoms with van der Waals surface area (Å²) >= 11 is 7.93. The van der Waals surface area contributed by atoms with Gasteiger partial charge in [-0.2, -0.15) is 0 Å². The van der Waals surface area contributed by atoms with Crippen molar-refractivity contribution in [2.45, 2.75) is 25.8 Å². The Kier molecular flexibility index (Phi) is 4.37. The number of aromatic nitrogens is 2. The van der Waals surface area contributed by atoms with Gasteiger partial charge in [0.2, 0.25) is 0 Å². The fraction of sp³-hybridized carbons (Fsp3) is 0.556. The van der Waals surface area contributed by atoms with E-state index < -0.39 is 0 Å². The van der Waals surface area contributed by atoms with E-state index in [1.807, 2.05) is 0 Å². The van der Waals surface area contributed by atoms with Gasteiger partial charge in [0, 0.05) is 17.6 Å². The Hall–Kier alpha value is -0.100. The van der Waals surface area contributed by atoms with Crippen LogP contribution in [-0.4, -0.2) is 21.4 Å². The van der Waals surface area contributed by atoms with Crippen molar-refractivity contribution in [1.82, 2.24) is 9.97 Å². The summed E-state index contributed by atoms with van der Waals surface area (Å²) < 4.78 is 1.02. The first-order valence-electron chi connectivity index (χ1n) is 4.35. The summed E-state index contributed by atoms with van der Waals surface area (Å²) in [4.78, 5) is 8.11. The predicted molar refractivity (Wildman–Crippen MR) is 67.8 cm³/mol. The van der Waals surface area contributed by atoms with Crippen molar-refractivity contribution >= 4 is 40.0 Å². The zero-order valence-corrected chi connectivity index (χ0v) is 11.1. The van der Waals surface area contributed by atoms with Gasteiger partial charge in [-0.25, -0.2) is 9.97 Å². The molecule has 1 aromatic heterocycles. The van der Waals surface area contributed by atoms with Gasteiger partial charge >= 0.3 is 0 Å². The van der Waals surface area contributed by atoms with Gasteiger partial charge in [-0.15, -0.1) is 11.6 Å². The molecular weight excluding hydrogens is 312 g/mol. The van der Waals surface area contributed by atoms with Crippen LogP contribution in [0.15, 0.2) is 12.5 Å². The minimum atomic E-state index is -0.0317. The molecule has 5 heteroatoms. The van der Waals surface area contributed by atoms with E-state index in [0.29, 0.717) is 5.88 Å². The third-order valence-electron chi connectivity index (χ3n) is 1.84. The van der Waals surface area contributed by atoms with Crippen LogP contribution in [0.3, 0.4) is 0 Å². The Bertz CT molecular complexity index is 304. The first kappa shape index (κ1) is 12.0. The quantitative estimate of drug-likeness (QED) is 0.683. The third-order valence-corrected chi connectivity index (χ3v) is 2.82. The zero-order valence-electron chi connectivity index (χ0n) is 8.22. The second-order valence-electron chi connectivity index (χ2n) is 3.67. The molecular formula is C9H13ClIN3. The molecule has 1 rings (SSSR count). The van der Waals surface area contributed by atoms with Crippen LogP contribution in [-0.2, 0) is 0 Å². The summed E-state index contributed by atoms with van der Waals surface area (Å²) in [5, 5.41) is 3.34. The Morgan fingerprint density at radius 2 is 2.29 bits per heavy atom. The van der Waals surface area contributed by atoms with E-state index >= 15 is 0 Å². The largest absolute Gasteiger partial charge is 0.364 e. The molecule has 0 atom stereocenters. The Morgan fingerprint density at radius 3 is 2.86 bits per heavy atom. The second kappa shape index (κ2) is 5.11. The summed E-state index contributed by atoms with van der Waals surface area (Å²) in [6.45, 7) is 4.21. The molecule has 0 fully saturated rings. The number of nitrogens with one attached hydrogen (secondary N) is 1. The van der Waals surface area contributed by atoms with Crippen molar-refractivity contribution in [3.63, 3.8) is 0 Å². The molecule has 1 N–H and O–H groups in total. The number of hydrogen-bond donors (Lipinski definition) is 1. The van der Waals surface area contributed by atoms with E-state index in [1.165, 1.54) is 0 Å². The average molecular weight is 326 g/mol. The third kappa shape index (κ3) is 3.57. The topological polar surface area (TPSA) is 37.8 Å². The van der Waals surface area contributed by atoms with Crippen LogP contribution in [0.25, 0.3) is 0 Å². The van der Waals surface area contributed by atoms with Gasteiger partial charge in [-0.1, -0.05) is 0 Å². The SMILES string of the molecule is CC(C)(CCCl)Nc1ncncc1I. The highest BCUT2D eigenvalue weighted by atomic mass is 127. The normalized spacial score (nSPS) is 11.4. The van der Waals surface area contributed by atoms with Gasteiger partial charge in [-0.3, -0.25) is 0 Å². The van der Waals surface area contributed by atoms with Crippen molar-refractivity contribution in [3.8, 4) is 0 Å². The molecule has 0 radical (unpaired) electrons. The van der Waals surface area contributed by atoms with Crippen LogP contribution < -0.4 is 5.32 Å². The molecule has 0 aliphatic rings. The molecule has 1 aromatic rings. The van der Waals surface area contributed by atoms with E-state index in [-0.39, 0.29) is 5.54 Å². The Morgan fingerprint density at radius 1 is 1.57 bits per heavy atom. The van der Waals surface area contributed by atoms with Crippen LogP contribution in [0.2, 0.25) is 0 Å². The molecule has 0 aliphatic carbocycles. The van der Waals surface area contributed by atoms with Crippen molar-refractivity contribution in [2.24, 2.45) is 0 Å². The van der Waals surface area contributed by atoms with E-state index in [1.54, 1.807) is 12.5 Å². The second-order valence-corrected chi connectivity index (χ2v) is 5.21. The highest BCUT2D eigenvalue weighted by Crippen LogP contribution is 2.20. The van der Waals surface area contributed by atoms with Crippen molar-refractivity contribution in [3.05, 3.63) is 16.1 Å². The van der Waals surface area contributed by atoms with E-state index in [2.05, 4.69) is 51.7 Å². The highest BCUT2D eigenvalue weighted by Gasteiger charge is 2.18. The summed E-state index contributed by atoms with van der Waals surface area (Å²) in [5.41, 5.74) is -0.0317. The lowest BCUT2D eigenvalue weighted by atomic mass is 10.0. The smallest absolute Gasteiger partial charge is 0.143 e. The highest BCUT2D eigenvalue weighted by molar-refractivity contribution is 14.1. The molecule has 0 amide bonds. The molecule has 0 spiro atoms. The van der Waals surface area contributed by atoms with Crippen LogP contribution in [0.5, 0.6) is 0 Å². The maximum absolute atomic E-state index is 5.72. The van der Waals surface area contributed by atoms with E-state index in [0.717, 1.165) is 15.8 Å². The lowest BCUT2D eigenvalue weighted by Gasteiger charge is -2.26. The van der Waals surface area contributed by atoms with Crippen molar-refractivity contribution in [2.75, 3.05) is 11.2 Å². The maximum atomic E-state index is 5.72. The van der Waals surface area contributed by atoms with Gasteiger partial charge in [0.1, 0.15) is 12.1 Å². The number of alkyl halides is 1. The Balaban J connectivity index is 2.73. The van der Waals surface area contributed by atoms with Crippen LogP contribution in [0.4, 0.5) is 5.82 Å². The Labute approximate surface area is 103 Å². The molecule has 14 heavy (non-hydrogen) atoms. The lowest BCUT2D eigenvalue weighted by molar-refractivity contribution is 0.547. The minimum Gasteiger partial charge on any atom is -0.364 e. The van der Waals surface area contributed by atoms with Crippen LogP contribution in [0, 0.1) is 3.57 Å². The standard InChI is InChI=1S/C9H13ClIN3/c1-9(2,3-4-10)14-8-7(11)5-12-6-13-8/h5-6H,3-4H2,1-2H3,(H,12,13,14). The summed E-state index contributed by atoms with van der Waals surface area (Å²) in [7, 11) is 0. The predicted octanol–water partition coefficient (Wildman–Crippen LogP) is 2.90. The molecule has 0 unspecified atom stereocenters. The minimum absolute atomic E-state index is 0.0317. The average Bonchev–Trinajstić information content (AvgIpc) is 2.08. The molecule has 1 heterocycles.